The van der Waals surface area contributed by atoms with Gasteiger partial charge in [0.2, 0.25) is 0 Å². The molecule has 0 saturated carbocycles. The Morgan fingerprint density at radius 1 is 1.29 bits per heavy atom. The molecule has 0 aliphatic carbocycles. The first-order chi connectivity index (χ1) is 7.95. The molecule has 1 amide bonds. The van der Waals surface area contributed by atoms with Crippen molar-refractivity contribution in [2.45, 2.75) is 39.5 Å². The number of hydrogen-bond acceptors (Lipinski definition) is 1. The lowest BCUT2D eigenvalue weighted by molar-refractivity contribution is 0.0952. The van der Waals surface area contributed by atoms with E-state index in [1.165, 1.54) is 5.56 Å². The summed E-state index contributed by atoms with van der Waals surface area (Å²) in [5.41, 5.74) is 3.99. The molecule has 1 aromatic carbocycles. The molecular weight excluding hydrogens is 234 g/mol. The SMILES string of the molecule is CCC(Cl)CNC(=O)c1c(C)cc(C)cc1C. The van der Waals surface area contributed by atoms with Crippen LogP contribution < -0.4 is 5.32 Å². The molecule has 0 aliphatic heterocycles. The number of hydrogen-bond donors (Lipinski definition) is 1. The maximum atomic E-state index is 12.0. The lowest BCUT2D eigenvalue weighted by Crippen LogP contribution is -2.30. The van der Waals surface area contributed by atoms with Gasteiger partial charge in [-0.15, -0.1) is 11.6 Å². The fourth-order valence-corrected chi connectivity index (χ4v) is 2.05. The molecule has 0 bridgehead atoms. The Balaban J connectivity index is 2.82. The summed E-state index contributed by atoms with van der Waals surface area (Å²) in [5, 5.41) is 2.88. The first kappa shape index (κ1) is 14.0. The monoisotopic (exact) mass is 253 g/mol. The largest absolute Gasteiger partial charge is 0.351 e. The van der Waals surface area contributed by atoms with Gasteiger partial charge in [0.25, 0.3) is 5.91 Å². The lowest BCUT2D eigenvalue weighted by Gasteiger charge is -2.13. The molecule has 1 atom stereocenters. The van der Waals surface area contributed by atoms with Crippen molar-refractivity contribution in [3.63, 3.8) is 0 Å². The molecule has 0 spiro atoms. The van der Waals surface area contributed by atoms with Crippen molar-refractivity contribution < 1.29 is 4.79 Å². The maximum Gasteiger partial charge on any atom is 0.251 e. The number of aryl methyl sites for hydroxylation is 3. The second-order valence-electron chi connectivity index (χ2n) is 4.49. The smallest absolute Gasteiger partial charge is 0.251 e. The van der Waals surface area contributed by atoms with E-state index in [4.69, 9.17) is 11.6 Å². The topological polar surface area (TPSA) is 29.1 Å². The van der Waals surface area contributed by atoms with Crippen LogP contribution in [0.1, 0.15) is 40.4 Å². The number of benzene rings is 1. The minimum atomic E-state index is -0.0286. The van der Waals surface area contributed by atoms with Gasteiger partial charge in [0.1, 0.15) is 0 Å². The van der Waals surface area contributed by atoms with E-state index in [9.17, 15) is 4.79 Å². The van der Waals surface area contributed by atoms with E-state index in [1.807, 2.05) is 39.8 Å². The molecule has 3 heteroatoms. The summed E-state index contributed by atoms with van der Waals surface area (Å²) in [4.78, 5) is 12.0. The maximum absolute atomic E-state index is 12.0. The van der Waals surface area contributed by atoms with Gasteiger partial charge in [-0.1, -0.05) is 24.6 Å². The summed E-state index contributed by atoms with van der Waals surface area (Å²) in [6.07, 6.45) is 0.855. The van der Waals surface area contributed by atoms with Crippen LogP contribution in [0.25, 0.3) is 0 Å². The standard InChI is InChI=1S/C14H20ClNO/c1-5-12(15)8-16-14(17)13-10(3)6-9(2)7-11(13)4/h6-7,12H,5,8H2,1-4H3,(H,16,17). The van der Waals surface area contributed by atoms with Gasteiger partial charge in [-0.05, 0) is 38.3 Å². The van der Waals surface area contributed by atoms with Gasteiger partial charge < -0.3 is 5.32 Å². The third-order valence-corrected chi connectivity index (χ3v) is 3.29. The van der Waals surface area contributed by atoms with Crippen molar-refractivity contribution in [2.24, 2.45) is 0 Å². The number of rotatable bonds is 4. The van der Waals surface area contributed by atoms with Crippen LogP contribution in [0.15, 0.2) is 12.1 Å². The number of carbonyl (C=O) groups excluding carboxylic acids is 1. The Morgan fingerprint density at radius 3 is 2.29 bits per heavy atom. The summed E-state index contributed by atoms with van der Waals surface area (Å²) in [5.74, 6) is -0.0286. The predicted octanol–water partition coefficient (Wildman–Crippen LogP) is 3.36. The van der Waals surface area contributed by atoms with Crippen LogP contribution in [0.4, 0.5) is 0 Å². The third-order valence-electron chi connectivity index (χ3n) is 2.83. The average molecular weight is 254 g/mol. The van der Waals surface area contributed by atoms with E-state index in [0.717, 1.165) is 23.1 Å². The zero-order chi connectivity index (χ0) is 13.0. The van der Waals surface area contributed by atoms with Crippen LogP contribution in [-0.4, -0.2) is 17.8 Å². The van der Waals surface area contributed by atoms with Crippen LogP contribution in [-0.2, 0) is 0 Å². The molecule has 2 nitrogen and oxygen atoms in total. The zero-order valence-electron chi connectivity index (χ0n) is 10.9. The molecule has 1 rings (SSSR count). The number of nitrogens with one attached hydrogen (secondary N) is 1. The normalized spacial score (nSPS) is 12.3. The molecule has 0 radical (unpaired) electrons. The van der Waals surface area contributed by atoms with Crippen LogP contribution in [0.3, 0.4) is 0 Å². The quantitative estimate of drug-likeness (QED) is 0.820. The molecule has 0 saturated heterocycles. The zero-order valence-corrected chi connectivity index (χ0v) is 11.7. The van der Waals surface area contributed by atoms with Crippen molar-refractivity contribution in [3.05, 3.63) is 34.4 Å². The molecule has 0 fully saturated rings. The first-order valence-corrected chi connectivity index (χ1v) is 6.39. The lowest BCUT2D eigenvalue weighted by atomic mass is 9.99. The Kier molecular flexibility index (Phi) is 5.01. The fraction of sp³-hybridized carbons (Fsp3) is 0.500. The molecule has 0 heterocycles. The van der Waals surface area contributed by atoms with E-state index in [-0.39, 0.29) is 11.3 Å². The summed E-state index contributed by atoms with van der Waals surface area (Å²) in [6, 6.07) is 4.06. The molecule has 1 unspecified atom stereocenters. The van der Waals surface area contributed by atoms with Crippen LogP contribution in [0, 0.1) is 20.8 Å². The minimum Gasteiger partial charge on any atom is -0.351 e. The van der Waals surface area contributed by atoms with E-state index in [1.54, 1.807) is 0 Å². The first-order valence-electron chi connectivity index (χ1n) is 5.95. The van der Waals surface area contributed by atoms with Gasteiger partial charge in [0.05, 0.1) is 5.38 Å². The van der Waals surface area contributed by atoms with Crippen LogP contribution in [0.2, 0.25) is 0 Å². The van der Waals surface area contributed by atoms with E-state index >= 15 is 0 Å². The van der Waals surface area contributed by atoms with Gasteiger partial charge >= 0.3 is 0 Å². The number of halogens is 1. The number of carbonyl (C=O) groups is 1. The summed E-state index contributed by atoms with van der Waals surface area (Å²) >= 11 is 5.99. The fourth-order valence-electron chi connectivity index (χ4n) is 1.97. The highest BCUT2D eigenvalue weighted by molar-refractivity contribution is 6.20. The van der Waals surface area contributed by atoms with Crippen LogP contribution >= 0.6 is 11.6 Å². The van der Waals surface area contributed by atoms with Crippen molar-refractivity contribution in [3.8, 4) is 0 Å². The van der Waals surface area contributed by atoms with Gasteiger partial charge in [-0.2, -0.15) is 0 Å². The van der Waals surface area contributed by atoms with Gasteiger partial charge in [-0.3, -0.25) is 4.79 Å². The van der Waals surface area contributed by atoms with E-state index in [2.05, 4.69) is 5.32 Å². The van der Waals surface area contributed by atoms with E-state index in [0.29, 0.717) is 6.54 Å². The summed E-state index contributed by atoms with van der Waals surface area (Å²) in [6.45, 7) is 8.49. The van der Waals surface area contributed by atoms with Crippen LogP contribution in [0.5, 0.6) is 0 Å². The molecule has 1 aromatic rings. The minimum absolute atomic E-state index is 0.00464. The third kappa shape index (κ3) is 3.74. The van der Waals surface area contributed by atoms with Crippen molar-refractivity contribution >= 4 is 17.5 Å². The highest BCUT2D eigenvalue weighted by Gasteiger charge is 2.13. The Bertz CT molecular complexity index is 392. The van der Waals surface area contributed by atoms with Crippen molar-refractivity contribution in [1.29, 1.82) is 0 Å². The molecule has 0 aromatic heterocycles. The molecule has 0 aliphatic rings. The number of amides is 1. The average Bonchev–Trinajstić information content (AvgIpc) is 2.24. The molecular formula is C14H20ClNO. The molecule has 94 valence electrons. The highest BCUT2D eigenvalue weighted by atomic mass is 35.5. The van der Waals surface area contributed by atoms with Crippen molar-refractivity contribution in [2.75, 3.05) is 6.54 Å². The second-order valence-corrected chi connectivity index (χ2v) is 5.11. The molecule has 1 N–H and O–H groups in total. The van der Waals surface area contributed by atoms with Gasteiger partial charge in [-0.25, -0.2) is 0 Å². The van der Waals surface area contributed by atoms with Crippen molar-refractivity contribution in [1.82, 2.24) is 5.32 Å². The van der Waals surface area contributed by atoms with Gasteiger partial charge in [0, 0.05) is 12.1 Å². The molecule has 17 heavy (non-hydrogen) atoms. The van der Waals surface area contributed by atoms with Gasteiger partial charge in [0.15, 0.2) is 0 Å². The summed E-state index contributed by atoms with van der Waals surface area (Å²) in [7, 11) is 0. The Hall–Kier alpha value is -1.02. The number of alkyl halides is 1. The summed E-state index contributed by atoms with van der Waals surface area (Å²) < 4.78 is 0. The Labute approximate surface area is 108 Å². The highest BCUT2D eigenvalue weighted by Crippen LogP contribution is 2.16. The van der Waals surface area contributed by atoms with E-state index < -0.39 is 0 Å². The Morgan fingerprint density at radius 2 is 1.82 bits per heavy atom. The second kappa shape index (κ2) is 6.06. The predicted molar refractivity (Wildman–Crippen MR) is 72.9 cm³/mol.